The number of piperazine rings is 1. The van der Waals surface area contributed by atoms with Crippen LogP contribution in [-0.4, -0.2) is 55.6 Å². The van der Waals surface area contributed by atoms with Crippen LogP contribution < -0.4 is 14.4 Å². The molecule has 0 aromatic heterocycles. The quantitative estimate of drug-likeness (QED) is 0.470. The van der Waals surface area contributed by atoms with Crippen LogP contribution in [0.25, 0.3) is 0 Å². The van der Waals surface area contributed by atoms with Crippen LogP contribution in [0.4, 0.5) is 11.4 Å². The maximum Gasteiger partial charge on any atom is 0.296 e. The third-order valence-electron chi connectivity index (χ3n) is 5.78. The highest BCUT2D eigenvalue weighted by Gasteiger charge is 2.26. The summed E-state index contributed by atoms with van der Waals surface area (Å²) in [6, 6.07) is 12.7. The Bertz CT molecular complexity index is 908. The molecule has 1 atom stereocenters. The summed E-state index contributed by atoms with van der Waals surface area (Å²) in [6.07, 6.45) is 1.07. The zero-order valence-corrected chi connectivity index (χ0v) is 18.2. The molecule has 2 aromatic rings. The topological polar surface area (TPSA) is 85.2 Å². The Kier molecular flexibility index (Phi) is 7.33. The van der Waals surface area contributed by atoms with E-state index in [-0.39, 0.29) is 18.2 Å². The fourth-order valence-corrected chi connectivity index (χ4v) is 3.61. The van der Waals surface area contributed by atoms with E-state index in [1.54, 1.807) is 17.0 Å². The zero-order valence-electron chi connectivity index (χ0n) is 18.2. The van der Waals surface area contributed by atoms with Gasteiger partial charge in [0.1, 0.15) is 17.2 Å². The average molecular weight is 428 g/mol. The first kappa shape index (κ1) is 22.4. The van der Waals surface area contributed by atoms with Crippen LogP contribution in [-0.2, 0) is 4.79 Å². The highest BCUT2D eigenvalue weighted by molar-refractivity contribution is 5.78. The number of nitrogens with zero attached hydrogens (tertiary/aromatic N) is 3. The number of carbonyl (C=O) groups is 1. The van der Waals surface area contributed by atoms with Crippen LogP contribution in [0.15, 0.2) is 42.5 Å². The normalized spacial score (nSPS) is 14.8. The highest BCUT2D eigenvalue weighted by atomic mass is 16.6. The van der Waals surface area contributed by atoms with E-state index in [0.717, 1.165) is 6.42 Å². The number of carbonyl (C=O) groups excluding carboxylic acids is 1. The van der Waals surface area contributed by atoms with E-state index in [1.165, 1.54) is 18.7 Å². The minimum absolute atomic E-state index is 0.00305. The Labute approximate surface area is 182 Å². The van der Waals surface area contributed by atoms with Gasteiger partial charge in [0.2, 0.25) is 0 Å². The summed E-state index contributed by atoms with van der Waals surface area (Å²) in [6.45, 7) is 6.31. The van der Waals surface area contributed by atoms with Crippen molar-refractivity contribution in [1.82, 2.24) is 4.90 Å². The molecule has 1 amide bonds. The predicted molar refractivity (Wildman–Crippen MR) is 119 cm³/mol. The molecule has 31 heavy (non-hydrogen) atoms. The number of rotatable bonds is 8. The molecule has 2 aromatic carbocycles. The molecule has 0 bridgehead atoms. The number of nitro groups is 1. The fourth-order valence-electron chi connectivity index (χ4n) is 3.61. The third kappa shape index (κ3) is 5.45. The van der Waals surface area contributed by atoms with Crippen molar-refractivity contribution in [1.29, 1.82) is 0 Å². The van der Waals surface area contributed by atoms with Crippen molar-refractivity contribution in [2.24, 2.45) is 0 Å². The summed E-state index contributed by atoms with van der Waals surface area (Å²) in [5.41, 5.74) is 1.80. The van der Waals surface area contributed by atoms with Gasteiger partial charge in [0.25, 0.3) is 11.6 Å². The molecule has 1 aliphatic rings. The minimum Gasteiger partial charge on any atom is -0.496 e. The predicted octanol–water partition coefficient (Wildman–Crippen LogP) is 3.84. The van der Waals surface area contributed by atoms with Gasteiger partial charge in [0.05, 0.1) is 18.1 Å². The van der Waals surface area contributed by atoms with Crippen molar-refractivity contribution in [2.75, 3.05) is 44.8 Å². The van der Waals surface area contributed by atoms with Gasteiger partial charge in [0.15, 0.2) is 6.61 Å². The van der Waals surface area contributed by atoms with Gasteiger partial charge in [-0.25, -0.2) is 0 Å². The Morgan fingerprint density at radius 2 is 1.74 bits per heavy atom. The summed E-state index contributed by atoms with van der Waals surface area (Å²) < 4.78 is 10.8. The van der Waals surface area contributed by atoms with Gasteiger partial charge in [-0.3, -0.25) is 14.9 Å². The number of hydrogen-bond donors (Lipinski definition) is 0. The third-order valence-corrected chi connectivity index (χ3v) is 5.78. The van der Waals surface area contributed by atoms with Crippen molar-refractivity contribution in [3.8, 4) is 11.5 Å². The van der Waals surface area contributed by atoms with E-state index < -0.39 is 4.92 Å². The van der Waals surface area contributed by atoms with Crippen LogP contribution >= 0.6 is 0 Å². The van der Waals surface area contributed by atoms with Crippen molar-refractivity contribution < 1.29 is 19.2 Å². The molecule has 1 fully saturated rings. The lowest BCUT2D eigenvalue weighted by Crippen LogP contribution is -2.50. The summed E-state index contributed by atoms with van der Waals surface area (Å²) in [7, 11) is 1.48. The van der Waals surface area contributed by atoms with E-state index in [4.69, 9.17) is 9.47 Å². The first-order valence-electron chi connectivity index (χ1n) is 10.5. The Morgan fingerprint density at radius 1 is 1.10 bits per heavy atom. The van der Waals surface area contributed by atoms with E-state index in [2.05, 4.69) is 13.8 Å². The number of benzene rings is 2. The second-order valence-corrected chi connectivity index (χ2v) is 7.65. The van der Waals surface area contributed by atoms with Gasteiger partial charge in [-0.2, -0.15) is 0 Å². The smallest absolute Gasteiger partial charge is 0.296 e. The van der Waals surface area contributed by atoms with E-state index in [0.29, 0.717) is 49.3 Å². The molecule has 0 unspecified atom stereocenters. The van der Waals surface area contributed by atoms with Crippen LogP contribution in [0.3, 0.4) is 0 Å². The molecule has 8 nitrogen and oxygen atoms in total. The summed E-state index contributed by atoms with van der Waals surface area (Å²) in [5, 5.41) is 11.4. The van der Waals surface area contributed by atoms with Gasteiger partial charge in [0, 0.05) is 26.2 Å². The molecular formula is C23H29N3O5. The Morgan fingerprint density at radius 3 is 2.32 bits per heavy atom. The molecule has 3 rings (SSSR count). The summed E-state index contributed by atoms with van der Waals surface area (Å²) in [5.74, 6) is 1.52. The first-order chi connectivity index (χ1) is 14.9. The zero-order chi connectivity index (χ0) is 22.4. The summed E-state index contributed by atoms with van der Waals surface area (Å²) in [4.78, 5) is 27.3. The van der Waals surface area contributed by atoms with Crippen LogP contribution in [0.5, 0.6) is 11.5 Å². The molecule has 166 valence electrons. The van der Waals surface area contributed by atoms with Gasteiger partial charge in [-0.1, -0.05) is 26.0 Å². The maximum atomic E-state index is 12.6. The molecule has 8 heteroatoms. The van der Waals surface area contributed by atoms with Crippen LogP contribution in [0.2, 0.25) is 0 Å². The maximum absolute atomic E-state index is 12.6. The van der Waals surface area contributed by atoms with Gasteiger partial charge in [-0.05, 0) is 42.2 Å². The van der Waals surface area contributed by atoms with Gasteiger partial charge in [-0.15, -0.1) is 0 Å². The SMILES string of the molecule is CC[C@@H](C)c1ccc(OCC(=O)N2CCN(c3ccc(OC)cc3[N+](=O)[O-])CC2)cc1. The molecule has 1 saturated heterocycles. The number of nitro benzene ring substituents is 1. The van der Waals surface area contributed by atoms with Crippen LogP contribution in [0, 0.1) is 10.1 Å². The first-order valence-corrected chi connectivity index (χ1v) is 10.5. The van der Waals surface area contributed by atoms with Crippen LogP contribution in [0.1, 0.15) is 31.7 Å². The molecule has 0 spiro atoms. The second kappa shape index (κ2) is 10.1. The number of ether oxygens (including phenoxy) is 2. The van der Waals surface area contributed by atoms with E-state index in [1.807, 2.05) is 29.2 Å². The molecule has 1 heterocycles. The average Bonchev–Trinajstić information content (AvgIpc) is 2.82. The number of methoxy groups -OCH3 is 1. The standard InChI is InChI=1S/C23H29N3O5/c1-4-17(2)18-5-7-19(8-6-18)31-16-23(27)25-13-11-24(12-14-25)21-10-9-20(30-3)15-22(21)26(28)29/h5-10,15,17H,4,11-14,16H2,1-3H3/t17-/m1/s1. The largest absolute Gasteiger partial charge is 0.496 e. The molecule has 0 saturated carbocycles. The lowest BCUT2D eigenvalue weighted by atomic mass is 9.99. The van der Waals surface area contributed by atoms with Crippen molar-refractivity contribution in [3.05, 3.63) is 58.1 Å². The van der Waals surface area contributed by atoms with Crippen molar-refractivity contribution in [2.45, 2.75) is 26.2 Å². The van der Waals surface area contributed by atoms with Gasteiger partial charge >= 0.3 is 0 Å². The fraction of sp³-hybridized carbons (Fsp3) is 0.435. The lowest BCUT2D eigenvalue weighted by molar-refractivity contribution is -0.384. The molecule has 0 aliphatic carbocycles. The van der Waals surface area contributed by atoms with Crippen molar-refractivity contribution in [3.63, 3.8) is 0 Å². The Balaban J connectivity index is 1.54. The molecule has 0 N–H and O–H groups in total. The number of anilines is 1. The summed E-state index contributed by atoms with van der Waals surface area (Å²) >= 11 is 0. The van der Waals surface area contributed by atoms with E-state index in [9.17, 15) is 14.9 Å². The lowest BCUT2D eigenvalue weighted by Gasteiger charge is -2.35. The highest BCUT2D eigenvalue weighted by Crippen LogP contribution is 2.32. The number of hydrogen-bond acceptors (Lipinski definition) is 6. The van der Waals surface area contributed by atoms with E-state index >= 15 is 0 Å². The molecule has 1 aliphatic heterocycles. The van der Waals surface area contributed by atoms with Crippen molar-refractivity contribution >= 4 is 17.3 Å². The second-order valence-electron chi connectivity index (χ2n) is 7.65. The monoisotopic (exact) mass is 427 g/mol. The number of amides is 1. The molecule has 0 radical (unpaired) electrons. The molecular weight excluding hydrogens is 398 g/mol. The minimum atomic E-state index is -0.407. The van der Waals surface area contributed by atoms with Gasteiger partial charge < -0.3 is 19.3 Å². The Hall–Kier alpha value is -3.29.